The summed E-state index contributed by atoms with van der Waals surface area (Å²) in [6.45, 7) is 0.269. The van der Waals surface area contributed by atoms with Gasteiger partial charge in [-0.15, -0.1) is 0 Å². The van der Waals surface area contributed by atoms with Gasteiger partial charge in [0, 0.05) is 12.2 Å². The van der Waals surface area contributed by atoms with Crippen LogP contribution in [0.3, 0.4) is 0 Å². The van der Waals surface area contributed by atoms with Crippen molar-refractivity contribution in [3.63, 3.8) is 0 Å². The number of rotatable bonds is 4. The lowest BCUT2D eigenvalue weighted by Crippen LogP contribution is -2.08. The first-order valence-corrected chi connectivity index (χ1v) is 5.97. The van der Waals surface area contributed by atoms with Gasteiger partial charge in [-0.3, -0.25) is 0 Å². The fraction of sp³-hybridized carbons (Fsp3) is 0.133. The second kappa shape index (κ2) is 6.14. The molecule has 0 aliphatic rings. The Balaban J connectivity index is 2.14. The minimum absolute atomic E-state index is 0.269. The Kier molecular flexibility index (Phi) is 4.30. The Morgan fingerprint density at radius 1 is 1.15 bits per heavy atom. The molecule has 0 bridgehead atoms. The molecule has 1 N–H and O–H groups in total. The minimum Gasteiger partial charge on any atom is -0.465 e. The lowest BCUT2D eigenvalue weighted by atomic mass is 10.1. The number of anilines is 1. The van der Waals surface area contributed by atoms with Crippen LogP contribution in [0.25, 0.3) is 0 Å². The molecule has 20 heavy (non-hydrogen) atoms. The molecule has 0 amide bonds. The summed E-state index contributed by atoms with van der Waals surface area (Å²) in [4.78, 5) is 11.6. The summed E-state index contributed by atoms with van der Waals surface area (Å²) < 4.78 is 30.6. The number of esters is 1. The summed E-state index contributed by atoms with van der Waals surface area (Å²) in [5.41, 5.74) is 1.53. The van der Waals surface area contributed by atoms with Crippen LogP contribution in [-0.2, 0) is 11.3 Å². The van der Waals surface area contributed by atoms with Crippen molar-refractivity contribution < 1.29 is 18.3 Å². The maximum Gasteiger partial charge on any atom is 0.339 e. The number of methoxy groups -OCH3 is 1. The van der Waals surface area contributed by atoms with E-state index in [4.69, 9.17) is 0 Å². The molecular weight excluding hydrogens is 264 g/mol. The van der Waals surface area contributed by atoms with Crippen LogP contribution in [0.2, 0.25) is 0 Å². The Labute approximate surface area is 115 Å². The van der Waals surface area contributed by atoms with Crippen LogP contribution in [-0.4, -0.2) is 13.1 Å². The van der Waals surface area contributed by atoms with Gasteiger partial charge in [-0.25, -0.2) is 13.6 Å². The highest BCUT2D eigenvalue weighted by atomic mass is 19.2. The smallest absolute Gasteiger partial charge is 0.339 e. The van der Waals surface area contributed by atoms with Gasteiger partial charge in [0.15, 0.2) is 11.6 Å². The molecule has 104 valence electrons. The van der Waals surface area contributed by atoms with Crippen LogP contribution in [0.1, 0.15) is 15.9 Å². The van der Waals surface area contributed by atoms with E-state index in [-0.39, 0.29) is 6.54 Å². The van der Waals surface area contributed by atoms with Crippen molar-refractivity contribution in [3.05, 3.63) is 65.2 Å². The molecular formula is C15H13F2NO2. The van der Waals surface area contributed by atoms with Crippen molar-refractivity contribution in [2.75, 3.05) is 12.4 Å². The minimum atomic E-state index is -0.898. The largest absolute Gasteiger partial charge is 0.465 e. The summed E-state index contributed by atoms with van der Waals surface area (Å²) in [5.74, 6) is -2.24. The van der Waals surface area contributed by atoms with Crippen LogP contribution in [0.4, 0.5) is 14.5 Å². The average Bonchev–Trinajstić information content (AvgIpc) is 2.48. The van der Waals surface area contributed by atoms with E-state index in [1.54, 1.807) is 24.3 Å². The van der Waals surface area contributed by atoms with Gasteiger partial charge < -0.3 is 10.1 Å². The molecule has 0 aromatic heterocycles. The SMILES string of the molecule is COC(=O)c1ccccc1NCc1ccc(F)c(F)c1. The van der Waals surface area contributed by atoms with E-state index in [0.29, 0.717) is 16.8 Å². The average molecular weight is 277 g/mol. The van der Waals surface area contributed by atoms with Crippen LogP contribution in [0, 0.1) is 11.6 Å². The van der Waals surface area contributed by atoms with Gasteiger partial charge in [0.1, 0.15) is 0 Å². The molecule has 0 heterocycles. The highest BCUT2D eigenvalue weighted by Crippen LogP contribution is 2.17. The van der Waals surface area contributed by atoms with Gasteiger partial charge in [-0.2, -0.15) is 0 Å². The molecule has 0 saturated heterocycles. The van der Waals surface area contributed by atoms with Crippen LogP contribution in [0.5, 0.6) is 0 Å². The van der Waals surface area contributed by atoms with Crippen molar-refractivity contribution in [1.29, 1.82) is 0 Å². The van der Waals surface area contributed by atoms with Crippen molar-refractivity contribution in [1.82, 2.24) is 0 Å². The molecule has 3 nitrogen and oxygen atoms in total. The molecule has 0 radical (unpaired) electrons. The van der Waals surface area contributed by atoms with Gasteiger partial charge in [-0.05, 0) is 29.8 Å². The van der Waals surface area contributed by atoms with E-state index < -0.39 is 17.6 Å². The van der Waals surface area contributed by atoms with Crippen LogP contribution in [0.15, 0.2) is 42.5 Å². The summed E-state index contributed by atoms with van der Waals surface area (Å²) in [7, 11) is 1.30. The number of ether oxygens (including phenoxy) is 1. The molecule has 2 rings (SSSR count). The molecule has 5 heteroatoms. The number of benzene rings is 2. The number of carbonyl (C=O) groups excluding carboxylic acids is 1. The van der Waals surface area contributed by atoms with E-state index >= 15 is 0 Å². The molecule has 0 atom stereocenters. The summed E-state index contributed by atoms with van der Waals surface area (Å²) in [6.07, 6.45) is 0. The van der Waals surface area contributed by atoms with E-state index in [1.165, 1.54) is 13.2 Å². The van der Waals surface area contributed by atoms with Crippen LogP contribution < -0.4 is 5.32 Å². The quantitative estimate of drug-likeness (QED) is 0.871. The third kappa shape index (κ3) is 3.12. The first-order valence-electron chi connectivity index (χ1n) is 5.97. The second-order valence-corrected chi connectivity index (χ2v) is 4.14. The lowest BCUT2D eigenvalue weighted by Gasteiger charge is -2.10. The number of hydrogen-bond acceptors (Lipinski definition) is 3. The molecule has 0 fully saturated rings. The first-order chi connectivity index (χ1) is 9.61. The summed E-state index contributed by atoms with van der Waals surface area (Å²) >= 11 is 0. The Morgan fingerprint density at radius 3 is 2.60 bits per heavy atom. The number of hydrogen-bond donors (Lipinski definition) is 1. The zero-order valence-corrected chi connectivity index (χ0v) is 10.8. The van der Waals surface area contributed by atoms with Gasteiger partial charge >= 0.3 is 5.97 Å². The number of nitrogens with one attached hydrogen (secondary N) is 1. The number of carbonyl (C=O) groups is 1. The zero-order chi connectivity index (χ0) is 14.5. The third-order valence-electron chi connectivity index (χ3n) is 2.80. The molecule has 2 aromatic rings. The van der Waals surface area contributed by atoms with E-state index in [0.717, 1.165) is 12.1 Å². The number of para-hydroxylation sites is 1. The second-order valence-electron chi connectivity index (χ2n) is 4.14. The van der Waals surface area contributed by atoms with E-state index in [9.17, 15) is 13.6 Å². The standard InChI is InChI=1S/C15H13F2NO2/c1-20-15(19)11-4-2-3-5-14(11)18-9-10-6-7-12(16)13(17)8-10/h2-8,18H,9H2,1H3. The Morgan fingerprint density at radius 2 is 1.90 bits per heavy atom. The molecule has 0 unspecified atom stereocenters. The van der Waals surface area contributed by atoms with Crippen molar-refractivity contribution >= 4 is 11.7 Å². The highest BCUT2D eigenvalue weighted by Gasteiger charge is 2.10. The predicted molar refractivity (Wildman–Crippen MR) is 71.5 cm³/mol. The van der Waals surface area contributed by atoms with Gasteiger partial charge in [-0.1, -0.05) is 18.2 Å². The number of halogens is 2. The molecule has 0 spiro atoms. The topological polar surface area (TPSA) is 38.3 Å². The van der Waals surface area contributed by atoms with E-state index in [2.05, 4.69) is 10.1 Å². The van der Waals surface area contributed by atoms with Gasteiger partial charge in [0.25, 0.3) is 0 Å². The fourth-order valence-corrected chi connectivity index (χ4v) is 1.77. The van der Waals surface area contributed by atoms with Gasteiger partial charge in [0.2, 0.25) is 0 Å². The summed E-state index contributed by atoms with van der Waals surface area (Å²) in [6, 6.07) is 10.5. The zero-order valence-electron chi connectivity index (χ0n) is 10.8. The predicted octanol–water partition coefficient (Wildman–Crippen LogP) is 3.36. The monoisotopic (exact) mass is 277 g/mol. The van der Waals surface area contributed by atoms with Crippen molar-refractivity contribution in [3.8, 4) is 0 Å². The first kappa shape index (κ1) is 14.0. The van der Waals surface area contributed by atoms with Crippen molar-refractivity contribution in [2.24, 2.45) is 0 Å². The van der Waals surface area contributed by atoms with Gasteiger partial charge in [0.05, 0.1) is 12.7 Å². The van der Waals surface area contributed by atoms with Crippen LogP contribution >= 0.6 is 0 Å². The molecule has 0 aliphatic heterocycles. The maximum atomic E-state index is 13.1. The fourth-order valence-electron chi connectivity index (χ4n) is 1.77. The Bertz CT molecular complexity index is 629. The lowest BCUT2D eigenvalue weighted by molar-refractivity contribution is 0.0602. The maximum absolute atomic E-state index is 13.1. The molecule has 0 saturated carbocycles. The van der Waals surface area contributed by atoms with Crippen molar-refractivity contribution in [2.45, 2.75) is 6.54 Å². The normalized spacial score (nSPS) is 10.2. The van der Waals surface area contributed by atoms with E-state index in [1.807, 2.05) is 0 Å². The third-order valence-corrected chi connectivity index (χ3v) is 2.80. The molecule has 2 aromatic carbocycles. The summed E-state index contributed by atoms with van der Waals surface area (Å²) in [5, 5.41) is 3.00. The molecule has 0 aliphatic carbocycles. The highest BCUT2D eigenvalue weighted by molar-refractivity contribution is 5.95. The Hall–Kier alpha value is -2.43.